The Morgan fingerprint density at radius 1 is 0.259 bits per heavy atom. The molecule has 11 rings (SSSR count). The first-order chi connectivity index (χ1) is 28.7. The van der Waals surface area contributed by atoms with Gasteiger partial charge in [0.05, 0.1) is 16.7 Å². The van der Waals surface area contributed by atoms with Gasteiger partial charge in [-0.25, -0.2) is 19.9 Å². The molecule has 0 aliphatic carbocycles. The summed E-state index contributed by atoms with van der Waals surface area (Å²) in [6, 6.07) is 67.7. The minimum atomic E-state index is 0.636. The molecule has 11 aromatic rings. The number of benzene rings is 8. The summed E-state index contributed by atoms with van der Waals surface area (Å²) in [6.07, 6.45) is 1.83. The molecule has 270 valence electrons. The summed E-state index contributed by atoms with van der Waals surface area (Å²) >= 11 is 0. The molecular weight excluding hydrogens is 707 g/mol. The Bertz CT molecular complexity index is 3190. The molecule has 0 atom stereocenters. The zero-order chi connectivity index (χ0) is 38.4. The summed E-state index contributed by atoms with van der Waals surface area (Å²) in [5, 5.41) is 6.96. The SMILES string of the molecule is c1ccc(-c2nc(-c3ccccc3)nc(-c3ccc(-c4c5ccccc5c(-c5ccc(-c6ccc7ccc8cccnc8c7n6)cc5)c5ccccc45)cc3)n2)cc1. The number of pyridine rings is 2. The molecule has 5 heteroatoms. The second-order valence-electron chi connectivity index (χ2n) is 14.4. The average molecular weight is 740 g/mol. The van der Waals surface area contributed by atoms with Crippen LogP contribution in [0.2, 0.25) is 0 Å². The zero-order valence-corrected chi connectivity index (χ0v) is 31.3. The second-order valence-corrected chi connectivity index (χ2v) is 14.4. The van der Waals surface area contributed by atoms with E-state index in [1.807, 2.05) is 72.9 Å². The number of aromatic nitrogens is 5. The standard InChI is InChI=1S/C53H33N5/c1-3-12-39(13-4-1)51-56-52(40-14-5-2-6-15-40)58-53(57-51)41-29-25-36(26-30-41)48-44-19-9-7-17-42(44)47(43-18-8-10-20-45(43)48)35-23-21-34(22-24-35)46-32-31-38-28-27-37-16-11-33-54-49(37)50(38)55-46/h1-33H. The molecule has 0 unspecified atom stereocenters. The molecule has 0 bridgehead atoms. The molecule has 0 spiro atoms. The van der Waals surface area contributed by atoms with Gasteiger partial charge in [-0.15, -0.1) is 0 Å². The first-order valence-corrected chi connectivity index (χ1v) is 19.4. The third kappa shape index (κ3) is 5.85. The summed E-state index contributed by atoms with van der Waals surface area (Å²) < 4.78 is 0. The van der Waals surface area contributed by atoms with Gasteiger partial charge >= 0.3 is 0 Å². The van der Waals surface area contributed by atoms with Crippen LogP contribution in [0.15, 0.2) is 200 Å². The Morgan fingerprint density at radius 2 is 0.655 bits per heavy atom. The van der Waals surface area contributed by atoms with Gasteiger partial charge in [0.2, 0.25) is 0 Å². The first kappa shape index (κ1) is 33.4. The van der Waals surface area contributed by atoms with E-state index >= 15 is 0 Å². The molecule has 8 aromatic carbocycles. The molecule has 5 nitrogen and oxygen atoms in total. The lowest BCUT2D eigenvalue weighted by molar-refractivity contribution is 1.07. The van der Waals surface area contributed by atoms with Crippen molar-refractivity contribution in [3.05, 3.63) is 200 Å². The number of fused-ring (bicyclic) bond motifs is 5. The molecule has 0 aliphatic heterocycles. The molecule has 0 fully saturated rings. The normalized spacial score (nSPS) is 11.4. The van der Waals surface area contributed by atoms with Crippen molar-refractivity contribution in [2.24, 2.45) is 0 Å². The lowest BCUT2D eigenvalue weighted by Gasteiger charge is -2.18. The number of nitrogens with zero attached hydrogens (tertiary/aromatic N) is 5. The maximum Gasteiger partial charge on any atom is 0.164 e. The molecule has 0 aliphatic rings. The summed E-state index contributed by atoms with van der Waals surface area (Å²) in [7, 11) is 0. The minimum Gasteiger partial charge on any atom is -0.254 e. The fourth-order valence-corrected chi connectivity index (χ4v) is 8.17. The first-order valence-electron chi connectivity index (χ1n) is 19.4. The average Bonchev–Trinajstić information content (AvgIpc) is 3.31. The monoisotopic (exact) mass is 739 g/mol. The maximum atomic E-state index is 5.11. The van der Waals surface area contributed by atoms with Crippen LogP contribution in [-0.2, 0) is 0 Å². The maximum absolute atomic E-state index is 5.11. The van der Waals surface area contributed by atoms with E-state index in [4.69, 9.17) is 19.9 Å². The van der Waals surface area contributed by atoms with Gasteiger partial charge in [0.1, 0.15) is 0 Å². The quantitative estimate of drug-likeness (QED) is 0.125. The second kappa shape index (κ2) is 14.0. The highest BCUT2D eigenvalue weighted by Gasteiger charge is 2.18. The van der Waals surface area contributed by atoms with Crippen LogP contribution in [0, 0.1) is 0 Å². The van der Waals surface area contributed by atoms with Crippen molar-refractivity contribution < 1.29 is 0 Å². The van der Waals surface area contributed by atoms with Crippen LogP contribution in [-0.4, -0.2) is 24.9 Å². The predicted molar refractivity (Wildman–Crippen MR) is 238 cm³/mol. The van der Waals surface area contributed by atoms with E-state index in [0.717, 1.165) is 60.9 Å². The summed E-state index contributed by atoms with van der Waals surface area (Å²) in [6.45, 7) is 0. The Labute approximate surface area is 335 Å². The summed E-state index contributed by atoms with van der Waals surface area (Å²) in [4.78, 5) is 24.6. The third-order valence-electron chi connectivity index (χ3n) is 11.0. The van der Waals surface area contributed by atoms with Gasteiger partial charge in [-0.1, -0.05) is 182 Å². The largest absolute Gasteiger partial charge is 0.254 e. The van der Waals surface area contributed by atoms with Crippen LogP contribution in [0.3, 0.4) is 0 Å². The van der Waals surface area contributed by atoms with E-state index in [0.29, 0.717) is 17.5 Å². The molecule has 0 saturated heterocycles. The lowest BCUT2D eigenvalue weighted by atomic mass is 9.85. The molecule has 0 N–H and O–H groups in total. The number of hydrogen-bond acceptors (Lipinski definition) is 5. The van der Waals surface area contributed by atoms with Crippen LogP contribution in [0.1, 0.15) is 0 Å². The minimum absolute atomic E-state index is 0.636. The van der Waals surface area contributed by atoms with Crippen LogP contribution in [0.25, 0.3) is 111 Å². The van der Waals surface area contributed by atoms with Crippen molar-refractivity contribution in [1.29, 1.82) is 0 Å². The van der Waals surface area contributed by atoms with Gasteiger partial charge in [-0.2, -0.15) is 0 Å². The highest BCUT2D eigenvalue weighted by atomic mass is 15.0. The van der Waals surface area contributed by atoms with Crippen molar-refractivity contribution in [3.8, 4) is 67.7 Å². The van der Waals surface area contributed by atoms with Crippen LogP contribution < -0.4 is 0 Å². The van der Waals surface area contributed by atoms with Crippen molar-refractivity contribution in [1.82, 2.24) is 24.9 Å². The van der Waals surface area contributed by atoms with Gasteiger partial charge in [0, 0.05) is 39.2 Å². The Morgan fingerprint density at radius 3 is 1.16 bits per heavy atom. The van der Waals surface area contributed by atoms with Crippen molar-refractivity contribution >= 4 is 43.4 Å². The smallest absolute Gasteiger partial charge is 0.164 e. The highest BCUT2D eigenvalue weighted by Crippen LogP contribution is 2.44. The zero-order valence-electron chi connectivity index (χ0n) is 31.3. The molecule has 58 heavy (non-hydrogen) atoms. The van der Waals surface area contributed by atoms with Gasteiger partial charge in [0.15, 0.2) is 17.5 Å². The summed E-state index contributed by atoms with van der Waals surface area (Å²) in [5.74, 6) is 1.93. The van der Waals surface area contributed by atoms with Crippen molar-refractivity contribution in [3.63, 3.8) is 0 Å². The fraction of sp³-hybridized carbons (Fsp3) is 0. The number of hydrogen-bond donors (Lipinski definition) is 0. The Hall–Kier alpha value is -7.89. The van der Waals surface area contributed by atoms with Crippen molar-refractivity contribution in [2.75, 3.05) is 0 Å². The van der Waals surface area contributed by atoms with Crippen LogP contribution in [0.5, 0.6) is 0 Å². The van der Waals surface area contributed by atoms with E-state index in [-0.39, 0.29) is 0 Å². The van der Waals surface area contributed by atoms with E-state index in [1.54, 1.807) is 0 Å². The molecule has 3 heterocycles. The molecule has 0 saturated carbocycles. The molecule has 3 aromatic heterocycles. The van der Waals surface area contributed by atoms with Gasteiger partial charge < -0.3 is 0 Å². The van der Waals surface area contributed by atoms with Crippen molar-refractivity contribution in [2.45, 2.75) is 0 Å². The van der Waals surface area contributed by atoms with Gasteiger partial charge in [-0.05, 0) is 55.9 Å². The highest BCUT2D eigenvalue weighted by molar-refractivity contribution is 6.21. The Kier molecular flexibility index (Phi) is 8.07. The van der Waals surface area contributed by atoms with E-state index in [2.05, 4.69) is 132 Å². The molecule has 0 amide bonds. The van der Waals surface area contributed by atoms with E-state index < -0.39 is 0 Å². The van der Waals surface area contributed by atoms with Gasteiger partial charge in [0.25, 0.3) is 0 Å². The predicted octanol–water partition coefficient (Wildman–Crippen LogP) is 13.3. The lowest BCUT2D eigenvalue weighted by Crippen LogP contribution is -2.00. The molecule has 0 radical (unpaired) electrons. The van der Waals surface area contributed by atoms with Gasteiger partial charge in [-0.3, -0.25) is 4.98 Å². The topological polar surface area (TPSA) is 64.5 Å². The third-order valence-corrected chi connectivity index (χ3v) is 11.0. The van der Waals surface area contributed by atoms with E-state index in [9.17, 15) is 0 Å². The van der Waals surface area contributed by atoms with E-state index in [1.165, 1.54) is 32.7 Å². The fourth-order valence-electron chi connectivity index (χ4n) is 8.17. The van der Waals surface area contributed by atoms with Crippen LogP contribution >= 0.6 is 0 Å². The molecular formula is C53H33N5. The summed E-state index contributed by atoms with van der Waals surface area (Å²) in [5.41, 5.74) is 11.4. The Balaban J connectivity index is 1.00. The van der Waals surface area contributed by atoms with Crippen LogP contribution in [0.4, 0.5) is 0 Å². The number of rotatable bonds is 6.